The number of hydrogen-bond donors (Lipinski definition) is 6. The topological polar surface area (TPSA) is 120 Å². The van der Waals surface area contributed by atoms with Crippen molar-refractivity contribution in [1.29, 1.82) is 0 Å². The molecule has 0 aliphatic heterocycles. The molecular weight excluding hydrogens is 320 g/mol. The van der Waals surface area contributed by atoms with E-state index in [4.69, 9.17) is 5.73 Å². The summed E-state index contributed by atoms with van der Waals surface area (Å²) in [5, 5.41) is 28.5. The largest absolute Gasteiger partial charge is 0.508 e. The van der Waals surface area contributed by atoms with Gasteiger partial charge in [0.1, 0.15) is 5.75 Å². The van der Waals surface area contributed by atoms with Crippen molar-refractivity contribution in [3.05, 3.63) is 29.8 Å². The summed E-state index contributed by atoms with van der Waals surface area (Å²) in [5.41, 5.74) is 5.89. The third-order valence-electron chi connectivity index (χ3n) is 3.80. The molecular formula is C18H32N4O3. The monoisotopic (exact) mass is 352 g/mol. The smallest absolute Gasteiger partial charge is 0.253 e. The average molecular weight is 352 g/mol. The fourth-order valence-electron chi connectivity index (χ4n) is 2.31. The number of phenols is 1. The summed E-state index contributed by atoms with van der Waals surface area (Å²) in [6, 6.07) is 5.96. The Hall–Kier alpha value is -1.67. The summed E-state index contributed by atoms with van der Waals surface area (Å²) in [4.78, 5) is 11.9. The SMILES string of the molecule is NCCCNCCCCNCCCNC(=O)C(O)c1ccc(O)cc1. The number of aliphatic hydroxyl groups is 1. The number of aliphatic hydroxyl groups excluding tert-OH is 1. The first-order valence-corrected chi connectivity index (χ1v) is 9.01. The van der Waals surface area contributed by atoms with Crippen LogP contribution < -0.4 is 21.7 Å². The molecule has 0 aliphatic rings. The number of carbonyl (C=O) groups is 1. The number of unbranched alkanes of at least 4 members (excludes halogenated alkanes) is 1. The first-order valence-electron chi connectivity index (χ1n) is 9.01. The van der Waals surface area contributed by atoms with Crippen LogP contribution in [0.5, 0.6) is 5.75 Å². The predicted octanol–water partition coefficient (Wildman–Crippen LogP) is 0.240. The van der Waals surface area contributed by atoms with E-state index in [1.807, 2.05) is 0 Å². The Morgan fingerprint density at radius 2 is 1.48 bits per heavy atom. The summed E-state index contributed by atoms with van der Waals surface area (Å²) >= 11 is 0. The normalized spacial score (nSPS) is 12.1. The van der Waals surface area contributed by atoms with Crippen molar-refractivity contribution < 1.29 is 15.0 Å². The Bertz CT molecular complexity index is 468. The van der Waals surface area contributed by atoms with Crippen molar-refractivity contribution in [2.24, 2.45) is 5.73 Å². The van der Waals surface area contributed by atoms with Crippen molar-refractivity contribution in [3.8, 4) is 5.75 Å². The summed E-state index contributed by atoms with van der Waals surface area (Å²) in [6.45, 7) is 5.05. The molecule has 0 aromatic heterocycles. The van der Waals surface area contributed by atoms with Crippen LogP contribution in [0.3, 0.4) is 0 Å². The van der Waals surface area contributed by atoms with Gasteiger partial charge in [0.15, 0.2) is 6.10 Å². The molecule has 142 valence electrons. The fourth-order valence-corrected chi connectivity index (χ4v) is 2.31. The highest BCUT2D eigenvalue weighted by Gasteiger charge is 2.16. The Kier molecular flexibility index (Phi) is 11.6. The number of benzene rings is 1. The Labute approximate surface area is 150 Å². The lowest BCUT2D eigenvalue weighted by Crippen LogP contribution is -2.31. The highest BCUT2D eigenvalue weighted by molar-refractivity contribution is 5.81. The van der Waals surface area contributed by atoms with E-state index < -0.39 is 12.0 Å². The highest BCUT2D eigenvalue weighted by atomic mass is 16.3. The lowest BCUT2D eigenvalue weighted by molar-refractivity contribution is -0.129. The zero-order valence-corrected chi connectivity index (χ0v) is 14.8. The number of rotatable bonds is 14. The molecule has 0 saturated heterocycles. The van der Waals surface area contributed by atoms with E-state index in [1.54, 1.807) is 0 Å². The minimum atomic E-state index is -1.21. The second kappa shape index (κ2) is 13.6. The maximum absolute atomic E-state index is 11.9. The lowest BCUT2D eigenvalue weighted by atomic mass is 10.1. The molecule has 1 amide bonds. The number of amides is 1. The van der Waals surface area contributed by atoms with Gasteiger partial charge in [0.2, 0.25) is 0 Å². The van der Waals surface area contributed by atoms with Crippen molar-refractivity contribution in [1.82, 2.24) is 16.0 Å². The molecule has 1 aromatic rings. The molecule has 1 unspecified atom stereocenters. The Balaban J connectivity index is 1.97. The first-order chi connectivity index (χ1) is 12.1. The molecule has 0 bridgehead atoms. The van der Waals surface area contributed by atoms with Crippen molar-refractivity contribution in [3.63, 3.8) is 0 Å². The maximum atomic E-state index is 11.9. The Morgan fingerprint density at radius 1 is 0.920 bits per heavy atom. The zero-order chi connectivity index (χ0) is 18.3. The molecule has 0 spiro atoms. The second-order valence-electron chi connectivity index (χ2n) is 5.99. The van der Waals surface area contributed by atoms with Crippen LogP contribution in [0.1, 0.15) is 37.4 Å². The van der Waals surface area contributed by atoms with E-state index in [9.17, 15) is 15.0 Å². The van der Waals surface area contributed by atoms with Crippen LogP contribution in [0, 0.1) is 0 Å². The first kappa shape index (κ1) is 21.4. The van der Waals surface area contributed by atoms with Gasteiger partial charge in [0.05, 0.1) is 0 Å². The van der Waals surface area contributed by atoms with Gasteiger partial charge in [-0.2, -0.15) is 0 Å². The van der Waals surface area contributed by atoms with Crippen molar-refractivity contribution in [2.45, 2.75) is 31.8 Å². The van der Waals surface area contributed by atoms with Gasteiger partial charge in [-0.15, -0.1) is 0 Å². The van der Waals surface area contributed by atoms with Crippen LogP contribution in [0.25, 0.3) is 0 Å². The van der Waals surface area contributed by atoms with Gasteiger partial charge in [-0.1, -0.05) is 12.1 Å². The number of aromatic hydroxyl groups is 1. The molecule has 0 saturated carbocycles. The van der Waals surface area contributed by atoms with Crippen molar-refractivity contribution >= 4 is 5.91 Å². The van der Waals surface area contributed by atoms with E-state index in [0.717, 1.165) is 58.4 Å². The summed E-state index contributed by atoms with van der Waals surface area (Å²) in [6.07, 6.45) is 2.86. The lowest BCUT2D eigenvalue weighted by Gasteiger charge is -2.12. The molecule has 0 radical (unpaired) electrons. The van der Waals surface area contributed by atoms with Crippen LogP contribution in [0.15, 0.2) is 24.3 Å². The molecule has 1 aromatic carbocycles. The van der Waals surface area contributed by atoms with Crippen LogP contribution in [-0.2, 0) is 4.79 Å². The third kappa shape index (κ3) is 10.0. The van der Waals surface area contributed by atoms with E-state index >= 15 is 0 Å². The minimum absolute atomic E-state index is 0.105. The molecule has 1 rings (SSSR count). The van der Waals surface area contributed by atoms with E-state index in [-0.39, 0.29) is 5.75 Å². The maximum Gasteiger partial charge on any atom is 0.253 e. The minimum Gasteiger partial charge on any atom is -0.508 e. The van der Waals surface area contributed by atoms with Gasteiger partial charge in [0, 0.05) is 6.54 Å². The van der Waals surface area contributed by atoms with Crippen LogP contribution >= 0.6 is 0 Å². The third-order valence-corrected chi connectivity index (χ3v) is 3.80. The van der Waals surface area contributed by atoms with Gasteiger partial charge >= 0.3 is 0 Å². The number of nitrogens with one attached hydrogen (secondary N) is 3. The number of nitrogens with two attached hydrogens (primary N) is 1. The predicted molar refractivity (Wildman–Crippen MR) is 99.3 cm³/mol. The second-order valence-corrected chi connectivity index (χ2v) is 5.99. The van der Waals surface area contributed by atoms with Crippen LogP contribution in [0.4, 0.5) is 0 Å². The molecule has 7 heteroatoms. The molecule has 0 heterocycles. The van der Waals surface area contributed by atoms with Crippen LogP contribution in [0.2, 0.25) is 0 Å². The molecule has 1 atom stereocenters. The van der Waals surface area contributed by atoms with Gasteiger partial charge in [-0.3, -0.25) is 4.79 Å². The molecule has 0 aliphatic carbocycles. The van der Waals surface area contributed by atoms with Crippen molar-refractivity contribution in [2.75, 3.05) is 39.3 Å². The Morgan fingerprint density at radius 3 is 2.08 bits per heavy atom. The van der Waals surface area contributed by atoms with Gasteiger partial charge in [-0.05, 0) is 76.1 Å². The molecule has 25 heavy (non-hydrogen) atoms. The number of hydrogen-bond acceptors (Lipinski definition) is 6. The standard InChI is InChI=1S/C18H32N4O3/c19-9-3-12-20-10-1-2-11-21-13-4-14-22-18(25)17(24)15-5-7-16(23)8-6-15/h5-8,17,20-21,23-24H,1-4,9-14,19H2,(H,22,25). The fraction of sp³-hybridized carbons (Fsp3) is 0.611. The summed E-state index contributed by atoms with van der Waals surface area (Å²) < 4.78 is 0. The van der Waals surface area contributed by atoms with Gasteiger partial charge in [0.25, 0.3) is 5.91 Å². The summed E-state index contributed by atoms with van der Waals surface area (Å²) in [7, 11) is 0. The van der Waals surface area contributed by atoms with E-state index in [0.29, 0.717) is 12.1 Å². The van der Waals surface area contributed by atoms with E-state index in [2.05, 4.69) is 16.0 Å². The van der Waals surface area contributed by atoms with Crippen LogP contribution in [-0.4, -0.2) is 55.4 Å². The number of phenolic OH excluding ortho intramolecular Hbond substituents is 1. The summed E-state index contributed by atoms with van der Waals surface area (Å²) in [5.74, 6) is -0.317. The molecule has 7 N–H and O–H groups in total. The average Bonchev–Trinajstić information content (AvgIpc) is 2.62. The van der Waals surface area contributed by atoms with Gasteiger partial charge in [-0.25, -0.2) is 0 Å². The van der Waals surface area contributed by atoms with Gasteiger partial charge < -0.3 is 31.9 Å². The molecule has 0 fully saturated rings. The number of carbonyl (C=O) groups excluding carboxylic acids is 1. The quantitative estimate of drug-likeness (QED) is 0.267. The van der Waals surface area contributed by atoms with E-state index in [1.165, 1.54) is 24.3 Å². The highest BCUT2D eigenvalue weighted by Crippen LogP contribution is 2.16. The zero-order valence-electron chi connectivity index (χ0n) is 14.8. The molecule has 7 nitrogen and oxygen atoms in total.